The summed E-state index contributed by atoms with van der Waals surface area (Å²) in [5.74, 6) is 0.375. The molecule has 0 radical (unpaired) electrons. The molecule has 0 spiro atoms. The number of amides is 1. The standard InChI is InChI=1S/C31H29F3N6O2S/c1-42-27-12-10-25(11-13-27)38-30(43)39(20-24-4-2-3-5-28(24)31(32,33)34)15-14-37-29(41)16-26-18-36-21-40(26)19-23-8-6-22(17-35)7-9-23/h2-13,18,21H,14-16,19-20H2,1H3,(H,37,41)(H,38,43). The van der Waals surface area contributed by atoms with Crippen LogP contribution >= 0.6 is 12.2 Å². The number of nitrogens with zero attached hydrogens (tertiary/aromatic N) is 4. The average molecular weight is 607 g/mol. The van der Waals surface area contributed by atoms with Crippen LogP contribution in [0.15, 0.2) is 85.3 Å². The Kier molecular flexibility index (Phi) is 10.3. The molecule has 0 saturated heterocycles. The van der Waals surface area contributed by atoms with Crippen molar-refractivity contribution >= 4 is 28.9 Å². The first-order chi connectivity index (χ1) is 20.7. The van der Waals surface area contributed by atoms with Crippen molar-refractivity contribution in [3.05, 3.63) is 113 Å². The van der Waals surface area contributed by atoms with Gasteiger partial charge in [-0.1, -0.05) is 30.3 Å². The summed E-state index contributed by atoms with van der Waals surface area (Å²) in [5, 5.41) is 15.1. The van der Waals surface area contributed by atoms with Gasteiger partial charge in [-0.15, -0.1) is 0 Å². The monoisotopic (exact) mass is 606 g/mol. The average Bonchev–Trinajstić information content (AvgIpc) is 3.43. The minimum atomic E-state index is -4.53. The van der Waals surface area contributed by atoms with Gasteiger partial charge in [-0.25, -0.2) is 4.98 Å². The number of nitrogens with one attached hydrogen (secondary N) is 2. The molecule has 0 aliphatic rings. The lowest BCUT2D eigenvalue weighted by atomic mass is 10.1. The maximum absolute atomic E-state index is 13.7. The fourth-order valence-corrected chi connectivity index (χ4v) is 4.62. The zero-order valence-electron chi connectivity index (χ0n) is 23.3. The third kappa shape index (κ3) is 8.80. The number of hydrogen-bond donors (Lipinski definition) is 2. The van der Waals surface area contributed by atoms with E-state index in [2.05, 4.69) is 21.7 Å². The Hall–Kier alpha value is -4.89. The van der Waals surface area contributed by atoms with E-state index in [-0.39, 0.29) is 42.6 Å². The molecule has 1 heterocycles. The lowest BCUT2D eigenvalue weighted by Crippen LogP contribution is -2.41. The van der Waals surface area contributed by atoms with E-state index >= 15 is 0 Å². The molecule has 3 aromatic carbocycles. The van der Waals surface area contributed by atoms with Crippen LogP contribution in [0.5, 0.6) is 5.75 Å². The fourth-order valence-electron chi connectivity index (χ4n) is 4.35. The number of aromatic nitrogens is 2. The Morgan fingerprint density at radius 3 is 2.49 bits per heavy atom. The van der Waals surface area contributed by atoms with Crippen LogP contribution in [0.3, 0.4) is 0 Å². The first-order valence-corrected chi connectivity index (χ1v) is 13.7. The van der Waals surface area contributed by atoms with Crippen molar-refractivity contribution in [2.24, 2.45) is 0 Å². The van der Waals surface area contributed by atoms with Gasteiger partial charge in [0.25, 0.3) is 0 Å². The number of alkyl halides is 3. The summed E-state index contributed by atoms with van der Waals surface area (Å²) in [7, 11) is 1.55. The zero-order chi connectivity index (χ0) is 30.8. The van der Waals surface area contributed by atoms with Gasteiger partial charge in [0.15, 0.2) is 5.11 Å². The van der Waals surface area contributed by atoms with Gasteiger partial charge in [-0.2, -0.15) is 18.4 Å². The van der Waals surface area contributed by atoms with E-state index in [4.69, 9.17) is 22.2 Å². The first-order valence-electron chi connectivity index (χ1n) is 13.3. The van der Waals surface area contributed by atoms with Gasteiger partial charge < -0.3 is 24.8 Å². The molecule has 1 amide bonds. The van der Waals surface area contributed by atoms with Gasteiger partial charge in [0.2, 0.25) is 5.91 Å². The molecule has 4 rings (SSSR count). The van der Waals surface area contributed by atoms with Crippen LogP contribution in [0.1, 0.15) is 27.9 Å². The van der Waals surface area contributed by atoms with Gasteiger partial charge in [-0.3, -0.25) is 4.79 Å². The number of rotatable bonds is 11. The van der Waals surface area contributed by atoms with Crippen LogP contribution < -0.4 is 15.4 Å². The van der Waals surface area contributed by atoms with Crippen LogP contribution in [0.25, 0.3) is 0 Å². The van der Waals surface area contributed by atoms with Crippen LogP contribution in [-0.2, 0) is 30.5 Å². The minimum absolute atomic E-state index is 0.0573. The van der Waals surface area contributed by atoms with E-state index < -0.39 is 11.7 Å². The normalized spacial score (nSPS) is 11.0. The zero-order valence-corrected chi connectivity index (χ0v) is 24.1. The van der Waals surface area contributed by atoms with E-state index in [9.17, 15) is 18.0 Å². The number of methoxy groups -OCH3 is 1. The van der Waals surface area contributed by atoms with Crippen molar-refractivity contribution in [1.82, 2.24) is 19.8 Å². The maximum atomic E-state index is 13.7. The molecular weight excluding hydrogens is 577 g/mol. The smallest absolute Gasteiger partial charge is 0.416 e. The largest absolute Gasteiger partial charge is 0.497 e. The van der Waals surface area contributed by atoms with E-state index in [1.54, 1.807) is 67.0 Å². The lowest BCUT2D eigenvalue weighted by molar-refractivity contribution is -0.138. The van der Waals surface area contributed by atoms with E-state index in [1.807, 2.05) is 16.7 Å². The summed E-state index contributed by atoms with van der Waals surface area (Å²) in [4.78, 5) is 18.6. The molecule has 0 aliphatic carbocycles. The number of imidazole rings is 1. The van der Waals surface area contributed by atoms with Gasteiger partial charge >= 0.3 is 6.18 Å². The van der Waals surface area contributed by atoms with Crippen molar-refractivity contribution in [3.8, 4) is 11.8 Å². The fraction of sp³-hybridized carbons (Fsp3) is 0.226. The van der Waals surface area contributed by atoms with Crippen molar-refractivity contribution < 1.29 is 22.7 Å². The molecule has 0 bridgehead atoms. The van der Waals surface area contributed by atoms with E-state index in [0.29, 0.717) is 29.2 Å². The lowest BCUT2D eigenvalue weighted by Gasteiger charge is -2.27. The second-order valence-corrected chi connectivity index (χ2v) is 9.97. The van der Waals surface area contributed by atoms with Crippen LogP contribution in [0.4, 0.5) is 18.9 Å². The second-order valence-electron chi connectivity index (χ2n) is 9.58. The van der Waals surface area contributed by atoms with E-state index in [1.165, 1.54) is 12.1 Å². The molecule has 0 fully saturated rings. The number of nitriles is 1. The number of carbonyl (C=O) groups is 1. The Labute approximate surface area is 252 Å². The third-order valence-electron chi connectivity index (χ3n) is 6.59. The number of benzene rings is 3. The molecule has 1 aromatic heterocycles. The summed E-state index contributed by atoms with van der Waals surface area (Å²) in [6.07, 6.45) is -1.23. The Morgan fingerprint density at radius 2 is 1.81 bits per heavy atom. The highest BCUT2D eigenvalue weighted by atomic mass is 32.1. The predicted octanol–water partition coefficient (Wildman–Crippen LogP) is 5.39. The maximum Gasteiger partial charge on any atom is 0.416 e. The molecular formula is C31H29F3N6O2S. The summed E-state index contributed by atoms with van der Waals surface area (Å²) in [6.45, 7) is 0.655. The minimum Gasteiger partial charge on any atom is -0.497 e. The quantitative estimate of drug-likeness (QED) is 0.221. The highest BCUT2D eigenvalue weighted by molar-refractivity contribution is 7.80. The number of thiocarbonyl (C=S) groups is 1. The van der Waals surface area contributed by atoms with E-state index in [0.717, 1.165) is 11.6 Å². The topological polar surface area (TPSA) is 95.2 Å². The Balaban J connectivity index is 1.41. The molecule has 43 heavy (non-hydrogen) atoms. The number of ether oxygens (including phenoxy) is 1. The SMILES string of the molecule is COc1ccc(NC(=S)N(CCNC(=O)Cc2cncn2Cc2ccc(C#N)cc2)Cc2ccccc2C(F)(F)F)cc1. The molecule has 222 valence electrons. The Bertz CT molecular complexity index is 1580. The molecule has 0 saturated carbocycles. The van der Waals surface area contributed by atoms with Gasteiger partial charge in [0.1, 0.15) is 5.75 Å². The van der Waals surface area contributed by atoms with Gasteiger partial charge in [-0.05, 0) is 65.8 Å². The molecule has 12 heteroatoms. The summed E-state index contributed by atoms with van der Waals surface area (Å²) in [6, 6.07) is 21.5. The van der Waals surface area contributed by atoms with Crippen LogP contribution in [-0.4, -0.2) is 45.7 Å². The summed E-state index contributed by atoms with van der Waals surface area (Å²) in [5.41, 5.74) is 2.16. The second kappa shape index (κ2) is 14.3. The Morgan fingerprint density at radius 1 is 1.09 bits per heavy atom. The number of carbonyl (C=O) groups excluding carboxylic acids is 1. The van der Waals surface area contributed by atoms with Crippen molar-refractivity contribution in [3.63, 3.8) is 0 Å². The number of anilines is 1. The first kappa shape index (κ1) is 31.1. The molecule has 4 aromatic rings. The van der Waals surface area contributed by atoms with Gasteiger partial charge in [0, 0.05) is 43.8 Å². The van der Waals surface area contributed by atoms with Crippen LogP contribution in [0, 0.1) is 11.3 Å². The van der Waals surface area contributed by atoms with Gasteiger partial charge in [0.05, 0.1) is 37.1 Å². The number of halogens is 3. The van der Waals surface area contributed by atoms with Crippen LogP contribution in [0.2, 0.25) is 0 Å². The predicted molar refractivity (Wildman–Crippen MR) is 160 cm³/mol. The highest BCUT2D eigenvalue weighted by Gasteiger charge is 2.33. The summed E-state index contributed by atoms with van der Waals surface area (Å²) < 4.78 is 48.1. The molecule has 0 atom stereocenters. The highest BCUT2D eigenvalue weighted by Crippen LogP contribution is 2.32. The van der Waals surface area contributed by atoms with Crippen molar-refractivity contribution in [2.45, 2.75) is 25.7 Å². The third-order valence-corrected chi connectivity index (χ3v) is 6.95. The molecule has 2 N–H and O–H groups in total. The molecule has 8 nitrogen and oxygen atoms in total. The molecule has 0 aliphatic heterocycles. The van der Waals surface area contributed by atoms with Crippen molar-refractivity contribution in [1.29, 1.82) is 5.26 Å². The molecule has 0 unspecified atom stereocenters. The van der Waals surface area contributed by atoms with Crippen molar-refractivity contribution in [2.75, 3.05) is 25.5 Å². The number of hydrogen-bond acceptors (Lipinski definition) is 5. The summed E-state index contributed by atoms with van der Waals surface area (Å²) >= 11 is 5.58.